The molecule has 4 rings (SSSR count). The van der Waals surface area contributed by atoms with Gasteiger partial charge in [0.15, 0.2) is 11.5 Å². The topological polar surface area (TPSA) is 103 Å². The second-order valence-electron chi connectivity index (χ2n) is 8.40. The number of carbonyl (C=O) groups is 1. The molecule has 2 aliphatic heterocycles. The molecule has 1 N–H and O–H groups in total. The van der Waals surface area contributed by atoms with Gasteiger partial charge < -0.3 is 24.3 Å². The lowest BCUT2D eigenvalue weighted by Crippen LogP contribution is -2.45. The summed E-state index contributed by atoms with van der Waals surface area (Å²) in [6.07, 6.45) is 1.57. The fraction of sp³-hybridized carbons (Fsp3) is 0.409. The van der Waals surface area contributed by atoms with Gasteiger partial charge in [-0.1, -0.05) is 0 Å². The molecule has 1 atom stereocenters. The molecule has 2 aromatic rings. The molecule has 172 valence electrons. The van der Waals surface area contributed by atoms with Gasteiger partial charge in [0.25, 0.3) is 0 Å². The quantitative estimate of drug-likeness (QED) is 0.704. The van der Waals surface area contributed by atoms with Gasteiger partial charge in [-0.3, -0.25) is 9.10 Å². The van der Waals surface area contributed by atoms with E-state index in [1.807, 2.05) is 26.0 Å². The van der Waals surface area contributed by atoms with E-state index in [-0.39, 0.29) is 19.4 Å². The van der Waals surface area contributed by atoms with Crippen molar-refractivity contribution < 1.29 is 32.2 Å². The van der Waals surface area contributed by atoms with Gasteiger partial charge >= 0.3 is 0 Å². The van der Waals surface area contributed by atoms with Gasteiger partial charge in [-0.2, -0.15) is 0 Å². The van der Waals surface area contributed by atoms with Crippen LogP contribution in [0.15, 0.2) is 36.4 Å². The van der Waals surface area contributed by atoms with Gasteiger partial charge in [-0.05, 0) is 44.2 Å². The Morgan fingerprint density at radius 1 is 1.16 bits per heavy atom. The molecule has 2 aliphatic rings. The van der Waals surface area contributed by atoms with Crippen LogP contribution >= 0.6 is 0 Å². The van der Waals surface area contributed by atoms with Crippen molar-refractivity contribution in [2.24, 2.45) is 0 Å². The summed E-state index contributed by atoms with van der Waals surface area (Å²) in [6.45, 7) is 3.57. The van der Waals surface area contributed by atoms with E-state index >= 15 is 0 Å². The summed E-state index contributed by atoms with van der Waals surface area (Å²) in [7, 11) is -2.17. The highest BCUT2D eigenvalue weighted by molar-refractivity contribution is 7.92. The van der Waals surface area contributed by atoms with Gasteiger partial charge in [0, 0.05) is 18.1 Å². The number of hydrogen-bond donors (Lipinski definition) is 1. The molecule has 10 heteroatoms. The average Bonchev–Trinajstić information content (AvgIpc) is 3.18. The predicted octanol–water partition coefficient (Wildman–Crippen LogP) is 2.61. The standard InChI is InChI=1S/C22H26N2O7S/c1-22(2)11-17(16-10-15(28-3)6-8-18(16)31-22)23-21(25)12-24(32(4,26)27)14-5-7-19-20(9-14)30-13-29-19/h5-10,17H,11-13H2,1-4H3,(H,23,25). The summed E-state index contributed by atoms with van der Waals surface area (Å²) < 4.78 is 48.0. The fourth-order valence-electron chi connectivity index (χ4n) is 3.90. The number of nitrogens with one attached hydrogen (secondary N) is 1. The first-order valence-electron chi connectivity index (χ1n) is 10.1. The van der Waals surface area contributed by atoms with Crippen LogP contribution in [0.2, 0.25) is 0 Å². The third-order valence-corrected chi connectivity index (χ3v) is 6.48. The van der Waals surface area contributed by atoms with E-state index in [0.29, 0.717) is 35.1 Å². The molecule has 32 heavy (non-hydrogen) atoms. The number of rotatable bonds is 6. The lowest BCUT2D eigenvalue weighted by Gasteiger charge is -2.38. The number of amides is 1. The first-order valence-corrected chi connectivity index (χ1v) is 11.9. The second kappa shape index (κ2) is 8.09. The molecule has 0 radical (unpaired) electrons. The van der Waals surface area contributed by atoms with Crippen LogP contribution in [0, 0.1) is 0 Å². The summed E-state index contributed by atoms with van der Waals surface area (Å²) in [5, 5.41) is 2.97. The van der Waals surface area contributed by atoms with Crippen LogP contribution in [0.4, 0.5) is 5.69 Å². The lowest BCUT2D eigenvalue weighted by atomic mass is 9.89. The van der Waals surface area contributed by atoms with Gasteiger partial charge in [0.05, 0.1) is 25.1 Å². The summed E-state index contributed by atoms with van der Waals surface area (Å²) in [5.41, 5.74) is 0.597. The number of carbonyl (C=O) groups excluding carboxylic acids is 1. The minimum absolute atomic E-state index is 0.0700. The molecule has 2 heterocycles. The minimum Gasteiger partial charge on any atom is -0.497 e. The zero-order valence-electron chi connectivity index (χ0n) is 18.4. The number of fused-ring (bicyclic) bond motifs is 2. The molecule has 0 saturated heterocycles. The van der Waals surface area contributed by atoms with E-state index < -0.39 is 21.5 Å². The summed E-state index contributed by atoms with van der Waals surface area (Å²) >= 11 is 0. The molecule has 0 spiro atoms. The van der Waals surface area contributed by atoms with E-state index in [2.05, 4.69) is 5.32 Å². The van der Waals surface area contributed by atoms with Gasteiger partial charge in [-0.15, -0.1) is 0 Å². The predicted molar refractivity (Wildman–Crippen MR) is 118 cm³/mol. The molecule has 9 nitrogen and oxygen atoms in total. The summed E-state index contributed by atoms with van der Waals surface area (Å²) in [4.78, 5) is 13.0. The maximum Gasteiger partial charge on any atom is 0.241 e. The number of ether oxygens (including phenoxy) is 4. The zero-order valence-corrected chi connectivity index (χ0v) is 19.2. The van der Waals surface area contributed by atoms with Crippen molar-refractivity contribution in [1.82, 2.24) is 5.32 Å². The highest BCUT2D eigenvalue weighted by Gasteiger charge is 2.35. The lowest BCUT2D eigenvalue weighted by molar-refractivity contribution is -0.120. The highest BCUT2D eigenvalue weighted by Crippen LogP contribution is 2.41. The molecular formula is C22H26N2O7S. The van der Waals surface area contributed by atoms with Gasteiger partial charge in [0.2, 0.25) is 22.7 Å². The average molecular weight is 463 g/mol. The van der Waals surface area contributed by atoms with Gasteiger partial charge in [-0.25, -0.2) is 8.42 Å². The van der Waals surface area contributed by atoms with Crippen molar-refractivity contribution in [3.63, 3.8) is 0 Å². The van der Waals surface area contributed by atoms with Crippen molar-refractivity contribution in [2.75, 3.05) is 31.0 Å². The number of anilines is 1. The van der Waals surface area contributed by atoms with Crippen LogP contribution in [0.5, 0.6) is 23.0 Å². The van der Waals surface area contributed by atoms with Crippen molar-refractivity contribution in [2.45, 2.75) is 31.9 Å². The number of hydrogen-bond acceptors (Lipinski definition) is 7. The first kappa shape index (κ1) is 22.1. The Morgan fingerprint density at radius 2 is 1.88 bits per heavy atom. The maximum atomic E-state index is 13.0. The third kappa shape index (κ3) is 4.55. The Morgan fingerprint density at radius 3 is 2.59 bits per heavy atom. The van der Waals surface area contributed by atoms with Crippen LogP contribution in [-0.2, 0) is 14.8 Å². The molecule has 1 unspecified atom stereocenters. The Balaban J connectivity index is 1.58. The van der Waals surface area contributed by atoms with E-state index in [0.717, 1.165) is 16.1 Å². The third-order valence-electron chi connectivity index (χ3n) is 5.34. The van der Waals surface area contributed by atoms with Crippen LogP contribution in [0.1, 0.15) is 31.9 Å². The minimum atomic E-state index is -3.73. The highest BCUT2D eigenvalue weighted by atomic mass is 32.2. The zero-order chi connectivity index (χ0) is 23.1. The molecule has 0 bridgehead atoms. The fourth-order valence-corrected chi connectivity index (χ4v) is 4.75. The number of benzene rings is 2. The van der Waals surface area contributed by atoms with Crippen LogP contribution in [-0.4, -0.2) is 46.6 Å². The monoisotopic (exact) mass is 462 g/mol. The molecule has 0 fully saturated rings. The normalized spacial score (nSPS) is 18.3. The maximum absolute atomic E-state index is 13.0. The van der Waals surface area contributed by atoms with Gasteiger partial charge in [0.1, 0.15) is 23.6 Å². The van der Waals surface area contributed by atoms with Crippen LogP contribution in [0.25, 0.3) is 0 Å². The molecule has 1 amide bonds. The number of sulfonamides is 1. The van der Waals surface area contributed by atoms with E-state index in [1.165, 1.54) is 0 Å². The number of methoxy groups -OCH3 is 1. The Kier molecular flexibility index (Phi) is 5.58. The van der Waals surface area contributed by atoms with Crippen molar-refractivity contribution >= 4 is 21.6 Å². The molecular weight excluding hydrogens is 436 g/mol. The molecule has 0 aromatic heterocycles. The number of nitrogens with zero attached hydrogens (tertiary/aromatic N) is 1. The Labute approximate surface area is 187 Å². The second-order valence-corrected chi connectivity index (χ2v) is 10.3. The first-order chi connectivity index (χ1) is 15.1. The van der Waals surface area contributed by atoms with Crippen LogP contribution in [0.3, 0.4) is 0 Å². The summed E-state index contributed by atoms with van der Waals surface area (Å²) in [5.74, 6) is 1.82. The molecule has 0 saturated carbocycles. The SMILES string of the molecule is COc1ccc2c(c1)C(NC(=O)CN(c1ccc3c(c1)OCO3)S(C)(=O)=O)CC(C)(C)O2. The van der Waals surface area contributed by atoms with E-state index in [9.17, 15) is 13.2 Å². The van der Waals surface area contributed by atoms with E-state index in [4.69, 9.17) is 18.9 Å². The van der Waals surface area contributed by atoms with Crippen molar-refractivity contribution in [3.05, 3.63) is 42.0 Å². The van der Waals surface area contributed by atoms with Crippen molar-refractivity contribution in [1.29, 1.82) is 0 Å². The van der Waals surface area contributed by atoms with Crippen LogP contribution < -0.4 is 28.6 Å². The largest absolute Gasteiger partial charge is 0.497 e. The smallest absolute Gasteiger partial charge is 0.241 e. The Hall–Kier alpha value is -3.14. The molecule has 2 aromatic carbocycles. The van der Waals surface area contributed by atoms with E-state index in [1.54, 1.807) is 31.4 Å². The van der Waals surface area contributed by atoms with Crippen molar-refractivity contribution in [3.8, 4) is 23.0 Å². The summed E-state index contributed by atoms with van der Waals surface area (Å²) in [6, 6.07) is 9.82. The Bertz CT molecular complexity index is 1150. The molecule has 0 aliphatic carbocycles.